The smallest absolute Gasteiger partial charge is 0.250 e. The lowest BCUT2D eigenvalue weighted by Crippen LogP contribution is -2.34. The molecule has 3 heterocycles. The van der Waals surface area contributed by atoms with E-state index in [2.05, 4.69) is 28.3 Å². The first kappa shape index (κ1) is 17.4. The van der Waals surface area contributed by atoms with Crippen molar-refractivity contribution in [3.8, 4) is 0 Å². The molecule has 3 rings (SSSR count). The molecule has 0 aliphatic carbocycles. The summed E-state index contributed by atoms with van der Waals surface area (Å²) in [4.78, 5) is 26.1. The Morgan fingerprint density at radius 3 is 3.00 bits per heavy atom. The number of carbonyl (C=O) groups is 1. The van der Waals surface area contributed by atoms with Crippen LogP contribution in [0.4, 0.5) is 0 Å². The lowest BCUT2D eigenvalue weighted by atomic mass is 10.2. The molecule has 0 aromatic carbocycles. The highest BCUT2D eigenvalue weighted by Crippen LogP contribution is 2.14. The van der Waals surface area contributed by atoms with E-state index in [1.807, 2.05) is 4.68 Å². The molecule has 0 saturated heterocycles. The number of nitrogens with zero attached hydrogens (tertiary/aromatic N) is 4. The molecule has 1 aliphatic heterocycles. The second kappa shape index (κ2) is 8.11. The zero-order valence-corrected chi connectivity index (χ0v) is 14.6. The van der Waals surface area contributed by atoms with Crippen LogP contribution in [0.5, 0.6) is 0 Å². The number of unbranched alkanes of at least 4 members (excludes halogenated alkanes) is 1. The van der Waals surface area contributed by atoms with Gasteiger partial charge < -0.3 is 9.88 Å². The van der Waals surface area contributed by atoms with E-state index in [1.54, 1.807) is 18.3 Å². The summed E-state index contributed by atoms with van der Waals surface area (Å²) >= 11 is 0. The molecule has 1 aliphatic rings. The molecule has 0 fully saturated rings. The Bertz CT molecular complexity index is 780. The Morgan fingerprint density at radius 1 is 1.32 bits per heavy atom. The van der Waals surface area contributed by atoms with Crippen LogP contribution in [0, 0.1) is 0 Å². The largest absolute Gasteiger partial charge is 0.349 e. The molecule has 0 spiro atoms. The fourth-order valence-corrected chi connectivity index (χ4v) is 3.03. The van der Waals surface area contributed by atoms with E-state index in [-0.39, 0.29) is 18.0 Å². The summed E-state index contributed by atoms with van der Waals surface area (Å²) in [6.45, 7) is 6.58. The average Bonchev–Trinajstić information content (AvgIpc) is 3.02. The van der Waals surface area contributed by atoms with E-state index >= 15 is 0 Å². The van der Waals surface area contributed by atoms with E-state index in [0.717, 1.165) is 31.9 Å². The van der Waals surface area contributed by atoms with Crippen molar-refractivity contribution in [3.05, 3.63) is 52.2 Å². The Balaban J connectivity index is 1.53. The van der Waals surface area contributed by atoms with Gasteiger partial charge in [-0.15, -0.1) is 0 Å². The molecule has 0 radical (unpaired) electrons. The van der Waals surface area contributed by atoms with Crippen LogP contribution in [0.3, 0.4) is 0 Å². The quantitative estimate of drug-likeness (QED) is 0.813. The first-order valence-electron chi connectivity index (χ1n) is 8.86. The maximum atomic E-state index is 12.0. The van der Waals surface area contributed by atoms with Gasteiger partial charge in [0.2, 0.25) is 5.91 Å². The third-order valence-corrected chi connectivity index (χ3v) is 4.44. The number of hydrogen-bond donors (Lipinski definition) is 1. The Labute approximate surface area is 147 Å². The summed E-state index contributed by atoms with van der Waals surface area (Å²) in [6.07, 6.45) is 4.04. The lowest BCUT2D eigenvalue weighted by molar-refractivity contribution is -0.121. The van der Waals surface area contributed by atoms with Crippen molar-refractivity contribution in [1.82, 2.24) is 24.6 Å². The maximum Gasteiger partial charge on any atom is 0.250 e. The number of aromatic nitrogens is 3. The molecule has 0 unspecified atom stereocenters. The molecule has 7 nitrogen and oxygen atoms in total. The van der Waals surface area contributed by atoms with E-state index in [9.17, 15) is 9.59 Å². The number of carbonyl (C=O) groups excluding carboxylic acids is 1. The lowest BCUT2D eigenvalue weighted by Gasteiger charge is -2.27. The molecule has 0 saturated carbocycles. The molecule has 1 N–H and O–H groups in total. The van der Waals surface area contributed by atoms with E-state index in [0.29, 0.717) is 6.54 Å². The standard InChI is InChI=1S/C18H25N5O2/c1-2-3-7-21-9-10-23-16(13-21)11-15(20-23)12-19-17(24)14-22-8-5-4-6-18(22)25/h4-6,8,11H,2-3,7,9-10,12-14H2,1H3,(H,19,24). The molecule has 7 heteroatoms. The van der Waals surface area contributed by atoms with Gasteiger partial charge in [0.1, 0.15) is 6.54 Å². The van der Waals surface area contributed by atoms with E-state index < -0.39 is 0 Å². The number of rotatable bonds is 7. The van der Waals surface area contributed by atoms with Crippen molar-refractivity contribution in [3.63, 3.8) is 0 Å². The molecule has 0 bridgehead atoms. The molecular weight excluding hydrogens is 318 g/mol. The molecule has 0 atom stereocenters. The van der Waals surface area contributed by atoms with E-state index in [1.165, 1.54) is 29.2 Å². The van der Waals surface area contributed by atoms with Crippen LogP contribution in [0.2, 0.25) is 0 Å². The number of fused-ring (bicyclic) bond motifs is 1. The normalized spacial score (nSPS) is 14.3. The van der Waals surface area contributed by atoms with Crippen LogP contribution in [-0.2, 0) is 31.0 Å². The molecule has 25 heavy (non-hydrogen) atoms. The highest BCUT2D eigenvalue weighted by molar-refractivity contribution is 5.75. The molecule has 1 amide bonds. The van der Waals surface area contributed by atoms with Crippen LogP contribution >= 0.6 is 0 Å². The number of hydrogen-bond acceptors (Lipinski definition) is 4. The minimum Gasteiger partial charge on any atom is -0.349 e. The highest BCUT2D eigenvalue weighted by atomic mass is 16.2. The summed E-state index contributed by atoms with van der Waals surface area (Å²) < 4.78 is 3.42. The second-order valence-corrected chi connectivity index (χ2v) is 6.42. The van der Waals surface area contributed by atoms with Gasteiger partial charge in [-0.1, -0.05) is 19.4 Å². The summed E-state index contributed by atoms with van der Waals surface area (Å²) in [7, 11) is 0. The number of nitrogens with one attached hydrogen (secondary N) is 1. The minimum absolute atomic E-state index is 0.0258. The van der Waals surface area contributed by atoms with Gasteiger partial charge in [-0.05, 0) is 25.1 Å². The van der Waals surface area contributed by atoms with Crippen molar-refractivity contribution in [1.29, 1.82) is 0 Å². The van der Waals surface area contributed by atoms with Crippen molar-refractivity contribution in [2.75, 3.05) is 13.1 Å². The highest BCUT2D eigenvalue weighted by Gasteiger charge is 2.18. The summed E-state index contributed by atoms with van der Waals surface area (Å²) in [5.74, 6) is -0.191. The Kier molecular flexibility index (Phi) is 5.65. The van der Waals surface area contributed by atoms with E-state index in [4.69, 9.17) is 0 Å². The van der Waals surface area contributed by atoms with Crippen LogP contribution in [0.1, 0.15) is 31.2 Å². The van der Waals surface area contributed by atoms with Gasteiger partial charge in [0.15, 0.2) is 0 Å². The molecular formula is C18H25N5O2. The number of pyridine rings is 1. The van der Waals surface area contributed by atoms with Gasteiger partial charge in [-0.2, -0.15) is 5.10 Å². The number of amides is 1. The summed E-state index contributed by atoms with van der Waals surface area (Å²) in [6, 6.07) is 6.91. The predicted molar refractivity (Wildman–Crippen MR) is 95.0 cm³/mol. The van der Waals surface area contributed by atoms with Crippen molar-refractivity contribution in [2.24, 2.45) is 0 Å². The third-order valence-electron chi connectivity index (χ3n) is 4.44. The maximum absolute atomic E-state index is 12.0. The van der Waals surface area contributed by atoms with Gasteiger partial charge in [-0.25, -0.2) is 0 Å². The molecule has 2 aromatic heterocycles. The fourth-order valence-electron chi connectivity index (χ4n) is 3.03. The minimum atomic E-state index is -0.191. The topological polar surface area (TPSA) is 72.2 Å². The Hall–Kier alpha value is -2.41. The van der Waals surface area contributed by atoms with Crippen LogP contribution < -0.4 is 10.9 Å². The third kappa shape index (κ3) is 4.57. The molecule has 134 valence electrons. The fraction of sp³-hybridized carbons (Fsp3) is 0.500. The SMILES string of the molecule is CCCCN1CCn2nc(CNC(=O)Cn3ccccc3=O)cc2C1. The van der Waals surface area contributed by atoms with Gasteiger partial charge in [0, 0.05) is 25.4 Å². The summed E-state index contributed by atoms with van der Waals surface area (Å²) in [5.41, 5.74) is 1.88. The zero-order valence-electron chi connectivity index (χ0n) is 14.6. The van der Waals surface area contributed by atoms with Gasteiger partial charge in [-0.3, -0.25) is 19.2 Å². The first-order chi connectivity index (χ1) is 12.2. The van der Waals surface area contributed by atoms with Crippen molar-refractivity contribution >= 4 is 5.91 Å². The Morgan fingerprint density at radius 2 is 2.20 bits per heavy atom. The second-order valence-electron chi connectivity index (χ2n) is 6.42. The summed E-state index contributed by atoms with van der Waals surface area (Å²) in [5, 5.41) is 7.41. The first-order valence-corrected chi connectivity index (χ1v) is 8.86. The van der Waals surface area contributed by atoms with Crippen LogP contribution in [0.15, 0.2) is 35.3 Å². The molecule has 2 aromatic rings. The van der Waals surface area contributed by atoms with Gasteiger partial charge in [0.25, 0.3) is 5.56 Å². The monoisotopic (exact) mass is 343 g/mol. The zero-order chi connectivity index (χ0) is 17.6. The van der Waals surface area contributed by atoms with Crippen LogP contribution in [0.25, 0.3) is 0 Å². The van der Waals surface area contributed by atoms with Crippen molar-refractivity contribution in [2.45, 2.75) is 45.9 Å². The van der Waals surface area contributed by atoms with Crippen molar-refractivity contribution < 1.29 is 4.79 Å². The average molecular weight is 343 g/mol. The van der Waals surface area contributed by atoms with Gasteiger partial charge >= 0.3 is 0 Å². The van der Waals surface area contributed by atoms with Gasteiger partial charge in [0.05, 0.1) is 24.5 Å². The predicted octanol–water partition coefficient (Wildman–Crippen LogP) is 0.977. The van der Waals surface area contributed by atoms with Crippen LogP contribution in [-0.4, -0.2) is 38.2 Å².